The van der Waals surface area contributed by atoms with Gasteiger partial charge in [0.25, 0.3) is 0 Å². The van der Waals surface area contributed by atoms with Gasteiger partial charge in [0.2, 0.25) is 0 Å². The Kier molecular flexibility index (Phi) is 6.90. The highest BCUT2D eigenvalue weighted by Crippen LogP contribution is 2.39. The van der Waals surface area contributed by atoms with Crippen molar-refractivity contribution in [2.75, 3.05) is 43.4 Å². The Morgan fingerprint density at radius 1 is 1.03 bits per heavy atom. The van der Waals surface area contributed by atoms with Gasteiger partial charge in [-0.15, -0.1) is 10.2 Å². The van der Waals surface area contributed by atoms with Crippen molar-refractivity contribution in [3.8, 4) is 11.4 Å². The summed E-state index contributed by atoms with van der Waals surface area (Å²) in [6, 6.07) is 4.30. The number of piperazine rings is 1. The largest absolute Gasteiger partial charge is 0.357 e. The van der Waals surface area contributed by atoms with E-state index in [-0.39, 0.29) is 5.41 Å². The molecule has 0 bridgehead atoms. The quantitative estimate of drug-likeness (QED) is 0.345. The second kappa shape index (κ2) is 9.93. The van der Waals surface area contributed by atoms with Crippen molar-refractivity contribution >= 4 is 17.6 Å². The highest BCUT2D eigenvalue weighted by atomic mass is 32.2. The summed E-state index contributed by atoms with van der Waals surface area (Å²) in [5.41, 5.74) is 2.32. The Bertz CT molecular complexity index is 1150. The lowest BCUT2D eigenvalue weighted by Gasteiger charge is -2.36. The molecule has 0 aromatic carbocycles. The molecule has 0 atom stereocenters. The first-order chi connectivity index (χ1) is 16.8. The SMILES string of the molecule is Cn1ccc(-c2nnc(SCCCN3CCN(c4cc(C(C)(C)C)nc(C5CC5)n4)CC3)n2C)c1. The van der Waals surface area contributed by atoms with Gasteiger partial charge in [0.15, 0.2) is 11.0 Å². The highest BCUT2D eigenvalue weighted by molar-refractivity contribution is 7.99. The number of nitrogens with zero attached hydrogens (tertiary/aromatic N) is 8. The molecule has 35 heavy (non-hydrogen) atoms. The maximum atomic E-state index is 4.98. The maximum Gasteiger partial charge on any atom is 0.191 e. The van der Waals surface area contributed by atoms with Gasteiger partial charge >= 0.3 is 0 Å². The number of hydrogen-bond donors (Lipinski definition) is 0. The second-order valence-electron chi connectivity index (χ2n) is 11.0. The summed E-state index contributed by atoms with van der Waals surface area (Å²) in [6.07, 6.45) is 7.74. The van der Waals surface area contributed by atoms with Crippen LogP contribution in [0, 0.1) is 0 Å². The molecule has 1 saturated heterocycles. The summed E-state index contributed by atoms with van der Waals surface area (Å²) < 4.78 is 4.14. The minimum Gasteiger partial charge on any atom is -0.357 e. The molecule has 4 heterocycles. The van der Waals surface area contributed by atoms with Crippen LogP contribution in [0.1, 0.15) is 57.5 Å². The molecule has 1 aliphatic carbocycles. The third kappa shape index (κ3) is 5.72. The summed E-state index contributed by atoms with van der Waals surface area (Å²) in [6.45, 7) is 12.1. The number of aromatic nitrogens is 6. The van der Waals surface area contributed by atoms with E-state index in [1.807, 2.05) is 17.8 Å². The van der Waals surface area contributed by atoms with E-state index in [9.17, 15) is 0 Å². The number of hydrogen-bond acceptors (Lipinski definition) is 7. The minimum absolute atomic E-state index is 0.0470. The second-order valence-corrected chi connectivity index (χ2v) is 12.0. The molecule has 9 heteroatoms. The summed E-state index contributed by atoms with van der Waals surface area (Å²) in [4.78, 5) is 14.9. The van der Waals surface area contributed by atoms with Gasteiger partial charge < -0.3 is 14.0 Å². The van der Waals surface area contributed by atoms with Crippen molar-refractivity contribution in [1.82, 2.24) is 34.2 Å². The van der Waals surface area contributed by atoms with Crippen LogP contribution >= 0.6 is 11.8 Å². The average molecular weight is 495 g/mol. The molecular formula is C26H38N8S. The molecule has 8 nitrogen and oxygen atoms in total. The van der Waals surface area contributed by atoms with Crippen molar-refractivity contribution < 1.29 is 0 Å². The third-order valence-corrected chi connectivity index (χ3v) is 8.02. The van der Waals surface area contributed by atoms with Crippen LogP contribution in [0.4, 0.5) is 5.82 Å². The zero-order valence-electron chi connectivity index (χ0n) is 21.7. The van der Waals surface area contributed by atoms with Gasteiger partial charge in [-0.3, -0.25) is 4.90 Å². The van der Waals surface area contributed by atoms with Crippen LogP contribution in [-0.2, 0) is 19.5 Å². The van der Waals surface area contributed by atoms with Gasteiger partial charge in [-0.25, -0.2) is 9.97 Å². The van der Waals surface area contributed by atoms with Gasteiger partial charge in [0, 0.05) is 81.4 Å². The van der Waals surface area contributed by atoms with E-state index >= 15 is 0 Å². The van der Waals surface area contributed by atoms with Gasteiger partial charge in [-0.2, -0.15) is 0 Å². The number of thioether (sulfide) groups is 1. The first kappa shape index (κ1) is 24.3. The van der Waals surface area contributed by atoms with E-state index < -0.39 is 0 Å². The van der Waals surface area contributed by atoms with Gasteiger partial charge in [-0.1, -0.05) is 32.5 Å². The van der Waals surface area contributed by atoms with Gasteiger partial charge in [-0.05, 0) is 31.9 Å². The molecule has 2 aliphatic rings. The molecule has 3 aromatic rings. The molecule has 1 aliphatic heterocycles. The Hall–Kier alpha value is -2.39. The Balaban J connectivity index is 1.10. The predicted octanol–water partition coefficient (Wildman–Crippen LogP) is 4.09. The highest BCUT2D eigenvalue weighted by Gasteiger charge is 2.30. The number of rotatable bonds is 8. The van der Waals surface area contributed by atoms with Crippen LogP contribution in [0.15, 0.2) is 29.7 Å². The normalized spacial score (nSPS) is 17.3. The summed E-state index contributed by atoms with van der Waals surface area (Å²) >= 11 is 1.80. The van der Waals surface area contributed by atoms with Crippen molar-refractivity contribution in [3.05, 3.63) is 36.0 Å². The number of anilines is 1. The molecule has 5 rings (SSSR count). The fourth-order valence-corrected chi connectivity index (χ4v) is 5.34. The standard InChI is InChI=1S/C26H38N8S/c1-26(2,3)21-17-22(28-23(27-21)19-7-8-19)34-14-12-33(13-15-34)10-6-16-35-25-30-29-24(32(25)5)20-9-11-31(4)18-20/h9,11,17-19H,6-8,10,12-16H2,1-5H3. The summed E-state index contributed by atoms with van der Waals surface area (Å²) in [5, 5.41) is 9.80. The lowest BCUT2D eigenvalue weighted by atomic mass is 9.91. The van der Waals surface area contributed by atoms with Crippen LogP contribution in [0.25, 0.3) is 11.4 Å². The van der Waals surface area contributed by atoms with Crippen molar-refractivity contribution in [2.24, 2.45) is 14.1 Å². The monoisotopic (exact) mass is 494 g/mol. The average Bonchev–Trinajstić information content (AvgIpc) is 3.51. The van der Waals surface area contributed by atoms with Crippen LogP contribution in [0.5, 0.6) is 0 Å². The zero-order chi connectivity index (χ0) is 24.6. The molecule has 188 valence electrons. The molecular weight excluding hydrogens is 456 g/mol. The van der Waals surface area contributed by atoms with Crippen LogP contribution in [0.3, 0.4) is 0 Å². The van der Waals surface area contributed by atoms with Crippen molar-refractivity contribution in [1.29, 1.82) is 0 Å². The Labute approximate surface area is 213 Å². The molecule has 0 radical (unpaired) electrons. The van der Waals surface area contributed by atoms with E-state index in [0.717, 1.165) is 73.1 Å². The van der Waals surface area contributed by atoms with Crippen LogP contribution in [0.2, 0.25) is 0 Å². The lowest BCUT2D eigenvalue weighted by Crippen LogP contribution is -2.47. The van der Waals surface area contributed by atoms with Crippen molar-refractivity contribution in [3.63, 3.8) is 0 Å². The molecule has 0 amide bonds. The third-order valence-electron chi connectivity index (χ3n) is 6.91. The van der Waals surface area contributed by atoms with E-state index in [0.29, 0.717) is 5.92 Å². The van der Waals surface area contributed by atoms with Crippen LogP contribution < -0.4 is 4.90 Å². The maximum absolute atomic E-state index is 4.98. The molecule has 0 spiro atoms. The summed E-state index contributed by atoms with van der Waals surface area (Å²) in [5.74, 6) is 4.73. The van der Waals surface area contributed by atoms with E-state index in [1.165, 1.54) is 18.5 Å². The van der Waals surface area contributed by atoms with E-state index in [1.54, 1.807) is 11.8 Å². The lowest BCUT2D eigenvalue weighted by molar-refractivity contribution is 0.258. The number of aryl methyl sites for hydroxylation is 1. The van der Waals surface area contributed by atoms with E-state index in [4.69, 9.17) is 9.97 Å². The Morgan fingerprint density at radius 2 is 1.80 bits per heavy atom. The van der Waals surface area contributed by atoms with Gasteiger partial charge in [0.1, 0.15) is 11.6 Å². The molecule has 0 unspecified atom stereocenters. The van der Waals surface area contributed by atoms with Crippen LogP contribution in [-0.4, -0.2) is 72.7 Å². The Morgan fingerprint density at radius 3 is 2.46 bits per heavy atom. The zero-order valence-corrected chi connectivity index (χ0v) is 22.6. The molecule has 2 fully saturated rings. The molecule has 3 aromatic heterocycles. The molecule has 1 saturated carbocycles. The van der Waals surface area contributed by atoms with Gasteiger partial charge in [0.05, 0.1) is 5.69 Å². The van der Waals surface area contributed by atoms with Crippen molar-refractivity contribution in [2.45, 2.75) is 56.5 Å². The fourth-order valence-electron chi connectivity index (χ4n) is 4.50. The summed E-state index contributed by atoms with van der Waals surface area (Å²) in [7, 11) is 4.08. The first-order valence-corrected chi connectivity index (χ1v) is 13.8. The topological polar surface area (TPSA) is 67.9 Å². The molecule has 0 N–H and O–H groups in total. The predicted molar refractivity (Wildman–Crippen MR) is 142 cm³/mol. The smallest absolute Gasteiger partial charge is 0.191 e. The van der Waals surface area contributed by atoms with E-state index in [2.05, 4.69) is 70.7 Å². The minimum atomic E-state index is 0.0470. The fraction of sp³-hybridized carbons (Fsp3) is 0.615. The first-order valence-electron chi connectivity index (χ1n) is 12.8.